The number of pyridine rings is 1. The van der Waals surface area contributed by atoms with E-state index >= 15 is 0 Å². The van der Waals surface area contributed by atoms with E-state index in [0.717, 1.165) is 5.69 Å². The number of para-hydroxylation sites is 1. The van der Waals surface area contributed by atoms with Gasteiger partial charge in [-0.3, -0.25) is 9.36 Å². The van der Waals surface area contributed by atoms with Gasteiger partial charge in [0.2, 0.25) is 0 Å². The topological polar surface area (TPSA) is 85.2 Å². The van der Waals surface area contributed by atoms with Crippen molar-refractivity contribution in [1.29, 1.82) is 0 Å². The monoisotopic (exact) mass is 356 g/mol. The van der Waals surface area contributed by atoms with Crippen LogP contribution in [0.1, 0.15) is 10.4 Å². The van der Waals surface area contributed by atoms with Crippen LogP contribution in [0.25, 0.3) is 16.9 Å². The Morgan fingerprint density at radius 3 is 2.48 bits per heavy atom. The highest BCUT2D eigenvalue weighted by molar-refractivity contribution is 7.91. The van der Waals surface area contributed by atoms with Gasteiger partial charge in [0.1, 0.15) is 11.8 Å². The van der Waals surface area contributed by atoms with Crippen LogP contribution in [0.2, 0.25) is 0 Å². The Kier molecular flexibility index (Phi) is 3.76. The summed E-state index contributed by atoms with van der Waals surface area (Å²) in [6.45, 7) is 0.440. The number of sulfone groups is 1. The lowest BCUT2D eigenvalue weighted by Gasteiger charge is -2.26. The number of hydrogen-bond donors (Lipinski definition) is 0. The minimum Gasteiger partial charge on any atom is -0.337 e. The quantitative estimate of drug-likeness (QED) is 0.691. The Bertz CT molecular complexity index is 1030. The van der Waals surface area contributed by atoms with Gasteiger partial charge in [-0.1, -0.05) is 18.2 Å². The lowest BCUT2D eigenvalue weighted by atomic mass is 10.2. The largest absolute Gasteiger partial charge is 0.337 e. The van der Waals surface area contributed by atoms with Gasteiger partial charge in [-0.2, -0.15) is 0 Å². The van der Waals surface area contributed by atoms with Crippen LogP contribution in [0.5, 0.6) is 0 Å². The standard InChI is InChI=1S/C17H16N4O3S/c22-17(20-6-8-25(23,24)9-7-20)13-10-15-16(18-11-13)21(12-19-15)14-4-2-1-3-5-14/h1-5,10-12H,6-9H2. The van der Waals surface area contributed by atoms with Crippen LogP contribution in [0.3, 0.4) is 0 Å². The molecule has 1 aliphatic rings. The van der Waals surface area contributed by atoms with Gasteiger partial charge in [0.25, 0.3) is 5.91 Å². The number of amides is 1. The SMILES string of the molecule is O=C(c1cnc2c(c1)ncn2-c1ccccc1)N1CCS(=O)(=O)CC1. The van der Waals surface area contributed by atoms with Gasteiger partial charge in [0.05, 0.1) is 17.1 Å². The number of aromatic nitrogens is 3. The predicted octanol–water partition coefficient (Wildman–Crippen LogP) is 1.29. The Morgan fingerprint density at radius 2 is 1.76 bits per heavy atom. The molecular formula is C17H16N4O3S. The van der Waals surface area contributed by atoms with E-state index in [2.05, 4.69) is 9.97 Å². The van der Waals surface area contributed by atoms with Crippen molar-refractivity contribution >= 4 is 26.9 Å². The molecule has 1 saturated heterocycles. The number of imidazole rings is 1. The molecule has 1 aromatic carbocycles. The first-order valence-electron chi connectivity index (χ1n) is 7.92. The van der Waals surface area contributed by atoms with Gasteiger partial charge in [-0.15, -0.1) is 0 Å². The van der Waals surface area contributed by atoms with Crippen LogP contribution in [-0.4, -0.2) is 58.4 Å². The maximum Gasteiger partial charge on any atom is 0.255 e. The normalized spacial score (nSPS) is 16.9. The molecule has 128 valence electrons. The predicted molar refractivity (Wildman–Crippen MR) is 93.4 cm³/mol. The van der Waals surface area contributed by atoms with Crippen molar-refractivity contribution in [3.63, 3.8) is 0 Å². The zero-order chi connectivity index (χ0) is 17.4. The average Bonchev–Trinajstić information content (AvgIpc) is 3.05. The van der Waals surface area contributed by atoms with E-state index in [-0.39, 0.29) is 30.5 Å². The van der Waals surface area contributed by atoms with Crippen molar-refractivity contribution < 1.29 is 13.2 Å². The molecule has 0 unspecified atom stereocenters. The van der Waals surface area contributed by atoms with Crippen molar-refractivity contribution in [3.8, 4) is 5.69 Å². The zero-order valence-corrected chi connectivity index (χ0v) is 14.2. The summed E-state index contributed by atoms with van der Waals surface area (Å²) in [5.74, 6) is -0.188. The van der Waals surface area contributed by atoms with Crippen LogP contribution >= 0.6 is 0 Å². The Balaban J connectivity index is 1.63. The smallest absolute Gasteiger partial charge is 0.255 e. The van der Waals surface area contributed by atoms with Crippen LogP contribution in [-0.2, 0) is 9.84 Å². The molecule has 0 spiro atoms. The molecule has 0 N–H and O–H groups in total. The zero-order valence-electron chi connectivity index (χ0n) is 13.4. The Morgan fingerprint density at radius 1 is 1.04 bits per heavy atom. The number of nitrogens with zero attached hydrogens (tertiary/aromatic N) is 4. The van der Waals surface area contributed by atoms with Gasteiger partial charge in [0, 0.05) is 25.0 Å². The van der Waals surface area contributed by atoms with E-state index in [4.69, 9.17) is 0 Å². The summed E-state index contributed by atoms with van der Waals surface area (Å²) in [5, 5.41) is 0. The third-order valence-corrected chi connectivity index (χ3v) is 5.91. The molecule has 3 aromatic rings. The van der Waals surface area contributed by atoms with E-state index in [1.807, 2.05) is 34.9 Å². The summed E-state index contributed by atoms with van der Waals surface area (Å²) in [7, 11) is -3.02. The molecule has 7 nitrogen and oxygen atoms in total. The van der Waals surface area contributed by atoms with Crippen molar-refractivity contribution in [3.05, 3.63) is 54.5 Å². The number of hydrogen-bond acceptors (Lipinski definition) is 5. The van der Waals surface area contributed by atoms with Crippen LogP contribution in [0, 0.1) is 0 Å². The fourth-order valence-electron chi connectivity index (χ4n) is 2.89. The first-order valence-corrected chi connectivity index (χ1v) is 9.74. The van der Waals surface area contributed by atoms with Gasteiger partial charge in [-0.05, 0) is 18.2 Å². The van der Waals surface area contributed by atoms with Crippen LogP contribution < -0.4 is 0 Å². The average molecular weight is 356 g/mol. The molecule has 1 fully saturated rings. The first kappa shape index (κ1) is 15.8. The fraction of sp³-hybridized carbons (Fsp3) is 0.235. The van der Waals surface area contributed by atoms with Gasteiger partial charge < -0.3 is 4.90 Å². The molecule has 0 saturated carbocycles. The number of carbonyl (C=O) groups excluding carboxylic acids is 1. The highest BCUT2D eigenvalue weighted by Gasteiger charge is 2.26. The maximum atomic E-state index is 12.6. The molecule has 1 aliphatic heterocycles. The summed E-state index contributed by atoms with van der Waals surface area (Å²) in [6.07, 6.45) is 3.20. The molecule has 8 heteroatoms. The highest BCUT2D eigenvalue weighted by atomic mass is 32.2. The minimum absolute atomic E-state index is 0.0110. The molecule has 0 atom stereocenters. The number of rotatable bonds is 2. The molecule has 4 rings (SSSR count). The molecule has 0 radical (unpaired) electrons. The third-order valence-electron chi connectivity index (χ3n) is 4.30. The molecule has 0 bridgehead atoms. The number of carbonyl (C=O) groups is 1. The Hall–Kier alpha value is -2.74. The van der Waals surface area contributed by atoms with Crippen molar-refractivity contribution in [2.45, 2.75) is 0 Å². The van der Waals surface area contributed by atoms with Gasteiger partial charge in [-0.25, -0.2) is 18.4 Å². The molecule has 1 amide bonds. The van der Waals surface area contributed by atoms with Gasteiger partial charge >= 0.3 is 0 Å². The lowest BCUT2D eigenvalue weighted by Crippen LogP contribution is -2.43. The van der Waals surface area contributed by atoms with Crippen LogP contribution in [0.4, 0.5) is 0 Å². The van der Waals surface area contributed by atoms with Crippen molar-refractivity contribution in [1.82, 2.24) is 19.4 Å². The maximum absolute atomic E-state index is 12.6. The number of fused-ring (bicyclic) bond motifs is 1. The van der Waals surface area contributed by atoms with E-state index in [9.17, 15) is 13.2 Å². The van der Waals surface area contributed by atoms with E-state index in [0.29, 0.717) is 16.7 Å². The summed E-state index contributed by atoms with van der Waals surface area (Å²) in [5.41, 5.74) is 2.66. The molecule has 2 aromatic heterocycles. The molecule has 3 heterocycles. The summed E-state index contributed by atoms with van der Waals surface area (Å²) < 4.78 is 24.9. The highest BCUT2D eigenvalue weighted by Crippen LogP contribution is 2.18. The summed E-state index contributed by atoms with van der Waals surface area (Å²) in [6, 6.07) is 11.4. The van der Waals surface area contributed by atoms with E-state index < -0.39 is 9.84 Å². The number of benzene rings is 1. The van der Waals surface area contributed by atoms with E-state index in [1.165, 1.54) is 6.20 Å². The summed E-state index contributed by atoms with van der Waals surface area (Å²) in [4.78, 5) is 22.9. The second-order valence-corrected chi connectivity index (χ2v) is 8.26. The first-order chi connectivity index (χ1) is 12.0. The van der Waals surface area contributed by atoms with Crippen molar-refractivity contribution in [2.24, 2.45) is 0 Å². The molecular weight excluding hydrogens is 340 g/mol. The van der Waals surface area contributed by atoms with Crippen molar-refractivity contribution in [2.75, 3.05) is 24.6 Å². The fourth-order valence-corrected chi connectivity index (χ4v) is 4.09. The molecule has 0 aliphatic carbocycles. The third kappa shape index (κ3) is 3.00. The summed E-state index contributed by atoms with van der Waals surface area (Å²) >= 11 is 0. The lowest BCUT2D eigenvalue weighted by molar-refractivity contribution is 0.0770. The second kappa shape index (κ2) is 5.96. The minimum atomic E-state index is -3.02. The van der Waals surface area contributed by atoms with E-state index in [1.54, 1.807) is 17.3 Å². The van der Waals surface area contributed by atoms with Gasteiger partial charge in [0.15, 0.2) is 15.5 Å². The molecule has 25 heavy (non-hydrogen) atoms. The second-order valence-electron chi connectivity index (χ2n) is 5.96. The Labute approximate surface area is 144 Å². The van der Waals surface area contributed by atoms with Crippen LogP contribution in [0.15, 0.2) is 48.9 Å².